The summed E-state index contributed by atoms with van der Waals surface area (Å²) in [5.74, 6) is 2.24. The summed E-state index contributed by atoms with van der Waals surface area (Å²) in [5.41, 5.74) is 77.7. The van der Waals surface area contributed by atoms with Crippen molar-refractivity contribution in [1.82, 2.24) is 0 Å². The molecule has 0 saturated heterocycles. The molecule has 3 aliphatic carbocycles. The maximum Gasteiger partial charge on any atom is 0.0403 e. The highest BCUT2D eigenvalue weighted by molar-refractivity contribution is 5.34. The lowest BCUT2D eigenvalue weighted by Gasteiger charge is -2.28. The number of aryl methyl sites for hydroxylation is 2. The van der Waals surface area contributed by atoms with Gasteiger partial charge in [-0.25, -0.2) is 0 Å². The third kappa shape index (κ3) is 91.8. The van der Waals surface area contributed by atoms with E-state index in [4.69, 9.17) is 11.5 Å². The molecule has 0 unspecified atom stereocenters. The van der Waals surface area contributed by atoms with Gasteiger partial charge in [-0.05, 0) is 196 Å². The highest BCUT2D eigenvalue weighted by atomic mass is 14.7. The first-order valence-electron chi connectivity index (χ1n) is 42.3. The summed E-state index contributed by atoms with van der Waals surface area (Å²) in [4.78, 5) is 0. The van der Waals surface area contributed by atoms with E-state index in [2.05, 4.69) is 301 Å². The Morgan fingerprint density at radius 1 is 0.185 bits per heavy atom. The monoisotopic (exact) mass is 1640 g/mol. The summed E-state index contributed by atoms with van der Waals surface area (Å²) in [6.07, 6.45) is 32.2. The Morgan fingerprint density at radius 3 is 0.420 bits per heavy atom. The van der Waals surface area contributed by atoms with Crippen molar-refractivity contribution < 1.29 is 0 Å². The van der Waals surface area contributed by atoms with Crippen LogP contribution in [0.3, 0.4) is 0 Å². The largest absolute Gasteiger partial charge is 0.333 e. The Morgan fingerprint density at radius 2 is 0.294 bits per heavy atom. The lowest BCUT2D eigenvalue weighted by Crippen LogP contribution is -2.14. The Bertz CT molecular complexity index is 2890. The molecule has 28 N–H and O–H groups in total. The maximum atomic E-state index is 4.85. The molecule has 0 heterocycles. The molecule has 14 heteroatoms. The fraction of sp³-hybridized carbons (Fsp3) is 0.429. The molecule has 0 spiro atoms. The molecule has 10 aromatic carbocycles. The molecule has 676 valence electrons. The van der Waals surface area contributed by atoms with Gasteiger partial charge in [-0.2, -0.15) is 0 Å². The van der Waals surface area contributed by atoms with Gasteiger partial charge in [-0.1, -0.05) is 456 Å². The van der Waals surface area contributed by atoms with Crippen molar-refractivity contribution in [2.45, 2.75) is 198 Å². The van der Waals surface area contributed by atoms with Crippen LogP contribution < -0.4 is 80.3 Å². The third-order valence-corrected chi connectivity index (χ3v) is 16.5. The zero-order valence-electron chi connectivity index (χ0n) is 75.5. The minimum Gasteiger partial charge on any atom is -0.333 e. The van der Waals surface area contributed by atoms with Crippen LogP contribution in [0.4, 0.5) is 0 Å². The second kappa shape index (κ2) is 120. The lowest BCUT2D eigenvalue weighted by molar-refractivity contribution is 0.244. The van der Waals surface area contributed by atoms with Gasteiger partial charge >= 0.3 is 0 Å². The van der Waals surface area contributed by atoms with Crippen LogP contribution in [0.25, 0.3) is 0 Å². The first-order chi connectivity index (χ1) is 57.4. The smallest absolute Gasteiger partial charge is 0.0403 e. The van der Waals surface area contributed by atoms with E-state index in [1.807, 2.05) is 98.8 Å². The van der Waals surface area contributed by atoms with Crippen LogP contribution in [-0.4, -0.2) is 90.2 Å². The normalized spacial score (nSPS) is 10.7. The molecule has 0 atom stereocenters. The zero-order valence-corrected chi connectivity index (χ0v) is 75.5. The molecule has 10 aromatic rings. The van der Waals surface area contributed by atoms with Crippen molar-refractivity contribution in [3.8, 4) is 0 Å². The topological polar surface area (TPSA) is 364 Å². The van der Waals surface area contributed by atoms with Crippen molar-refractivity contribution in [2.75, 3.05) is 90.2 Å². The van der Waals surface area contributed by atoms with Gasteiger partial charge in [0.05, 0.1) is 0 Å². The summed E-state index contributed by atoms with van der Waals surface area (Å²) in [6, 6.07) is 105. The molecule has 0 radical (unpaired) electrons. The molecule has 3 fully saturated rings. The molecule has 0 aromatic heterocycles. The highest BCUT2D eigenvalue weighted by Crippen LogP contribution is 2.35. The molecule has 13 rings (SSSR count). The maximum absolute atomic E-state index is 4.85. The van der Waals surface area contributed by atoms with Crippen molar-refractivity contribution in [3.05, 3.63) is 359 Å². The molecular formula is C105H186N14. The van der Waals surface area contributed by atoms with E-state index in [9.17, 15) is 0 Å². The van der Waals surface area contributed by atoms with E-state index in [0.717, 1.165) is 63.5 Å². The van der Waals surface area contributed by atoms with Gasteiger partial charge < -0.3 is 80.3 Å². The molecule has 14 nitrogen and oxygen atoms in total. The molecule has 119 heavy (non-hydrogen) atoms. The van der Waals surface area contributed by atoms with Gasteiger partial charge in [0.2, 0.25) is 0 Å². The van der Waals surface area contributed by atoms with E-state index in [-0.39, 0.29) is 28.9 Å². The summed E-state index contributed by atoms with van der Waals surface area (Å²) in [7, 11) is 15.0. The van der Waals surface area contributed by atoms with E-state index >= 15 is 0 Å². The molecule has 3 aliphatic rings. The van der Waals surface area contributed by atoms with E-state index in [0.29, 0.717) is 0 Å². The first-order valence-corrected chi connectivity index (χ1v) is 42.3. The number of nitrogens with two attached hydrogens (primary N) is 14. The van der Waals surface area contributed by atoms with Crippen LogP contribution in [0.15, 0.2) is 303 Å². The fourth-order valence-electron chi connectivity index (χ4n) is 11.5. The van der Waals surface area contributed by atoms with Crippen LogP contribution in [0.5, 0.6) is 0 Å². The van der Waals surface area contributed by atoms with Gasteiger partial charge in [0.15, 0.2) is 0 Å². The average molecular weight is 1640 g/mol. The predicted molar refractivity (Wildman–Crippen MR) is 544 cm³/mol. The Kier molecular flexibility index (Phi) is 136. The fourth-order valence-corrected chi connectivity index (χ4v) is 11.5. The lowest BCUT2D eigenvalue weighted by atomic mass is 9.78. The Balaban J connectivity index is -0.000000124. The predicted octanol–water partition coefficient (Wildman–Crippen LogP) is 20.9. The molecule has 0 aliphatic heterocycles. The first kappa shape index (κ1) is 134. The quantitative estimate of drug-likeness (QED) is 0.0506. The van der Waals surface area contributed by atoms with Crippen molar-refractivity contribution in [1.29, 1.82) is 0 Å². The van der Waals surface area contributed by atoms with Crippen LogP contribution in [-0.2, 0) is 38.5 Å². The van der Waals surface area contributed by atoms with Crippen LogP contribution >= 0.6 is 0 Å². The second-order valence-electron chi connectivity index (χ2n) is 24.7. The van der Waals surface area contributed by atoms with Crippen LogP contribution in [0.1, 0.15) is 215 Å². The Hall–Kier alpha value is -8.36. The highest BCUT2D eigenvalue weighted by Gasteiger charge is 2.20. The molecular weight excluding hydrogens is 1460 g/mol. The van der Waals surface area contributed by atoms with Crippen molar-refractivity contribution in [3.63, 3.8) is 0 Å². The number of rotatable bonds is 12. The molecule has 0 bridgehead atoms. The van der Waals surface area contributed by atoms with Gasteiger partial charge in [0.1, 0.15) is 0 Å². The Labute approximate surface area is 734 Å². The average Bonchev–Trinajstić information content (AvgIpc) is 0.866. The van der Waals surface area contributed by atoms with E-state index in [1.54, 1.807) is 32.1 Å². The summed E-state index contributed by atoms with van der Waals surface area (Å²) >= 11 is 0. The SMILES string of the molecule is C.C.C.C1CCC(CC2CCCCC2)CC1.C1CCCCC1.CCN.CCN.CCc1ccccc1.CCc1ccccc1.CN.CN.CN.CN.CN.CN.CN.CN.CN.CN.NCN.c1ccc(Cc2ccc(Cc3ccc(Cc4ccccc4)cc3)cc2)cc1.c1ccc(Cc2ccccc2)cc1.c1ccccc1.c1ccccc1. The second-order valence-corrected chi connectivity index (χ2v) is 24.7. The minimum absolute atomic E-state index is 0. The van der Waals surface area contributed by atoms with Gasteiger partial charge in [-0.3, -0.25) is 0 Å². The van der Waals surface area contributed by atoms with E-state index < -0.39 is 0 Å². The number of hydrogen-bond acceptors (Lipinski definition) is 14. The van der Waals surface area contributed by atoms with Crippen molar-refractivity contribution in [2.24, 2.45) is 92.1 Å². The minimum atomic E-state index is 0. The van der Waals surface area contributed by atoms with Gasteiger partial charge in [-0.15, -0.1) is 0 Å². The third-order valence-electron chi connectivity index (χ3n) is 16.5. The van der Waals surface area contributed by atoms with Crippen LogP contribution in [0, 0.1) is 11.8 Å². The number of benzene rings is 10. The summed E-state index contributed by atoms with van der Waals surface area (Å²) in [6.45, 7) is 9.88. The van der Waals surface area contributed by atoms with E-state index in [1.165, 1.54) is 203 Å². The van der Waals surface area contributed by atoms with Gasteiger partial charge in [0.25, 0.3) is 0 Å². The van der Waals surface area contributed by atoms with Crippen molar-refractivity contribution >= 4 is 0 Å². The zero-order chi connectivity index (χ0) is 88.7. The summed E-state index contributed by atoms with van der Waals surface area (Å²) < 4.78 is 0. The standard InChI is InChI=1S/C27H24.C13H24.C13H12.2C8H10.C6H12.2C6H6.2C2H7N.CH6N2.10CH5N.3CH4/c1-3-7-22(8-4-1)19-24-11-15-26(16-12-24)21-27-17-13-25(14-18-27)20-23-9-5-2-6-10-23;2*1-3-7-12(8-4-1)11-13-9-5-2-6-10-13;2*1-2-8-6-4-3-5-7-8;3*1-2-4-6-5-3-1;2*1-2-3;2-1-3;10*1-2;;;/h1-18H,19-21H2;12-13H,1-11H2;1-10H,11H2;2*3-7H,2H2,1H3;1-6H2;2*1-6H;2*2-3H2,1H3;1-3H2;10*2H2,1H3;3*1H4. The number of hydrogen-bond donors (Lipinski definition) is 14. The van der Waals surface area contributed by atoms with Crippen LogP contribution in [0.2, 0.25) is 0 Å². The summed E-state index contributed by atoms with van der Waals surface area (Å²) in [5, 5.41) is 0. The van der Waals surface area contributed by atoms with Gasteiger partial charge in [0, 0.05) is 6.67 Å². The molecule has 0 amide bonds. The molecule has 3 saturated carbocycles.